The molecule has 0 spiro atoms. The Balaban J connectivity index is 2.04. The molecule has 2 N–H and O–H groups in total. The monoisotopic (exact) mass is 317 g/mol. The molecule has 1 heterocycles. The van der Waals surface area contributed by atoms with E-state index < -0.39 is 5.91 Å². The van der Waals surface area contributed by atoms with Gasteiger partial charge in [0.05, 0.1) is 5.70 Å². The van der Waals surface area contributed by atoms with Crippen LogP contribution in [0.3, 0.4) is 0 Å². The number of para-hydroxylation sites is 1. The van der Waals surface area contributed by atoms with E-state index in [4.69, 9.17) is 0 Å². The van der Waals surface area contributed by atoms with Gasteiger partial charge in [-0.1, -0.05) is 42.5 Å². The van der Waals surface area contributed by atoms with Crippen LogP contribution in [-0.2, 0) is 11.2 Å². The SMILES string of the molecule is CC1(C)Cc2ccccc2/C(=C(\C#N)C(=O)Nc2ccccc2)N1. The molecule has 1 amide bonds. The van der Waals surface area contributed by atoms with E-state index >= 15 is 0 Å². The lowest BCUT2D eigenvalue weighted by atomic mass is 9.84. The molecule has 120 valence electrons. The molecular formula is C20H19N3O. The van der Waals surface area contributed by atoms with Gasteiger partial charge in [0.25, 0.3) is 5.91 Å². The van der Waals surface area contributed by atoms with Gasteiger partial charge in [0, 0.05) is 16.8 Å². The summed E-state index contributed by atoms with van der Waals surface area (Å²) < 4.78 is 0. The van der Waals surface area contributed by atoms with Crippen LogP contribution in [0.4, 0.5) is 5.69 Å². The van der Waals surface area contributed by atoms with E-state index in [0.29, 0.717) is 11.4 Å². The summed E-state index contributed by atoms with van der Waals surface area (Å²) in [6.45, 7) is 4.13. The number of hydrogen-bond donors (Lipinski definition) is 2. The standard InChI is InChI=1S/C20H19N3O/c1-20(2)12-14-8-6-7-11-16(14)18(23-20)17(13-21)19(24)22-15-9-4-3-5-10-15/h3-11,23H,12H2,1-2H3,(H,22,24)/b18-17-. The number of nitrogens with zero attached hydrogens (tertiary/aromatic N) is 1. The molecule has 0 fully saturated rings. The maximum Gasteiger partial charge on any atom is 0.268 e. The van der Waals surface area contributed by atoms with Crippen molar-refractivity contribution in [3.05, 3.63) is 71.3 Å². The summed E-state index contributed by atoms with van der Waals surface area (Å²) in [5, 5.41) is 15.8. The van der Waals surface area contributed by atoms with Crippen LogP contribution in [0.1, 0.15) is 25.0 Å². The molecule has 2 aromatic rings. The lowest BCUT2D eigenvalue weighted by Gasteiger charge is -2.36. The van der Waals surface area contributed by atoms with Crippen molar-refractivity contribution in [1.29, 1.82) is 5.26 Å². The minimum atomic E-state index is -0.404. The molecule has 4 nitrogen and oxygen atoms in total. The molecule has 0 saturated carbocycles. The molecule has 1 aliphatic heterocycles. The van der Waals surface area contributed by atoms with Crippen molar-refractivity contribution < 1.29 is 4.79 Å². The quantitative estimate of drug-likeness (QED) is 0.658. The molecule has 0 radical (unpaired) electrons. The second-order valence-corrected chi connectivity index (χ2v) is 6.52. The van der Waals surface area contributed by atoms with E-state index in [0.717, 1.165) is 17.5 Å². The highest BCUT2D eigenvalue weighted by Gasteiger charge is 2.30. The predicted molar refractivity (Wildman–Crippen MR) is 95.0 cm³/mol. The predicted octanol–water partition coefficient (Wildman–Crippen LogP) is 3.48. The van der Waals surface area contributed by atoms with Gasteiger partial charge in [0.1, 0.15) is 11.6 Å². The van der Waals surface area contributed by atoms with Crippen molar-refractivity contribution in [2.45, 2.75) is 25.8 Å². The Morgan fingerprint density at radius 1 is 1.12 bits per heavy atom. The lowest BCUT2D eigenvalue weighted by molar-refractivity contribution is -0.112. The lowest BCUT2D eigenvalue weighted by Crippen LogP contribution is -2.44. The van der Waals surface area contributed by atoms with Crippen molar-refractivity contribution in [2.75, 3.05) is 5.32 Å². The number of hydrogen-bond acceptors (Lipinski definition) is 3. The molecule has 3 rings (SSSR count). The molecule has 0 atom stereocenters. The van der Waals surface area contributed by atoms with E-state index in [1.807, 2.05) is 42.5 Å². The Kier molecular flexibility index (Phi) is 4.09. The average Bonchev–Trinajstić information content (AvgIpc) is 2.55. The van der Waals surface area contributed by atoms with E-state index in [1.165, 1.54) is 0 Å². The Morgan fingerprint density at radius 3 is 2.50 bits per heavy atom. The fraction of sp³-hybridized carbons (Fsp3) is 0.200. The summed E-state index contributed by atoms with van der Waals surface area (Å²) in [5.41, 5.74) is 3.18. The fourth-order valence-corrected chi connectivity index (χ4v) is 2.98. The largest absolute Gasteiger partial charge is 0.378 e. The second-order valence-electron chi connectivity index (χ2n) is 6.52. The molecule has 0 unspecified atom stereocenters. The van der Waals surface area contributed by atoms with Crippen LogP contribution in [0, 0.1) is 11.3 Å². The Bertz CT molecular complexity index is 845. The molecule has 4 heteroatoms. The fourth-order valence-electron chi connectivity index (χ4n) is 2.98. The van der Waals surface area contributed by atoms with Crippen LogP contribution in [0.5, 0.6) is 0 Å². The maximum atomic E-state index is 12.6. The van der Waals surface area contributed by atoms with Crippen LogP contribution in [0.15, 0.2) is 60.2 Å². The second kappa shape index (κ2) is 6.21. The Hall–Kier alpha value is -3.06. The Labute approximate surface area is 141 Å². The zero-order valence-electron chi connectivity index (χ0n) is 13.8. The molecular weight excluding hydrogens is 298 g/mol. The molecule has 0 saturated heterocycles. The van der Waals surface area contributed by atoms with Crippen molar-refractivity contribution in [1.82, 2.24) is 5.32 Å². The normalized spacial score (nSPS) is 17.0. The van der Waals surface area contributed by atoms with Crippen molar-refractivity contribution in [3.8, 4) is 6.07 Å². The maximum absolute atomic E-state index is 12.6. The summed E-state index contributed by atoms with van der Waals surface area (Å²) in [6, 6.07) is 19.1. The van der Waals surface area contributed by atoms with Crippen molar-refractivity contribution in [3.63, 3.8) is 0 Å². The molecule has 1 aliphatic rings. The topological polar surface area (TPSA) is 64.9 Å². The number of anilines is 1. The first-order valence-electron chi connectivity index (χ1n) is 7.87. The first kappa shape index (κ1) is 15.8. The number of rotatable bonds is 2. The molecule has 24 heavy (non-hydrogen) atoms. The first-order valence-corrected chi connectivity index (χ1v) is 7.87. The number of amides is 1. The number of carbonyl (C=O) groups excluding carboxylic acids is 1. The van der Waals surface area contributed by atoms with Crippen LogP contribution in [-0.4, -0.2) is 11.4 Å². The number of nitrogens with one attached hydrogen (secondary N) is 2. The molecule has 0 bridgehead atoms. The van der Waals surface area contributed by atoms with Gasteiger partial charge in [-0.2, -0.15) is 5.26 Å². The third kappa shape index (κ3) is 3.16. The number of nitriles is 1. The molecule has 0 aliphatic carbocycles. The van der Waals surface area contributed by atoms with Crippen LogP contribution in [0.2, 0.25) is 0 Å². The molecule has 2 aromatic carbocycles. The van der Waals surface area contributed by atoms with E-state index in [9.17, 15) is 10.1 Å². The smallest absolute Gasteiger partial charge is 0.268 e. The summed E-state index contributed by atoms with van der Waals surface area (Å²) >= 11 is 0. The van der Waals surface area contributed by atoms with Gasteiger partial charge < -0.3 is 10.6 Å². The number of carbonyl (C=O) groups is 1. The Morgan fingerprint density at radius 2 is 1.79 bits per heavy atom. The first-order chi connectivity index (χ1) is 11.5. The van der Waals surface area contributed by atoms with Gasteiger partial charge in [0.2, 0.25) is 0 Å². The third-order valence-corrected chi connectivity index (χ3v) is 4.00. The highest BCUT2D eigenvalue weighted by Crippen LogP contribution is 2.31. The average molecular weight is 317 g/mol. The summed E-state index contributed by atoms with van der Waals surface area (Å²) in [6.07, 6.45) is 0.839. The number of fused-ring (bicyclic) bond motifs is 1. The van der Waals surface area contributed by atoms with Gasteiger partial charge in [0.15, 0.2) is 0 Å². The minimum absolute atomic E-state index is 0.0964. The van der Waals surface area contributed by atoms with Crippen molar-refractivity contribution in [2.24, 2.45) is 0 Å². The summed E-state index contributed by atoms with van der Waals surface area (Å²) in [4.78, 5) is 12.6. The van der Waals surface area contributed by atoms with Crippen LogP contribution < -0.4 is 10.6 Å². The van der Waals surface area contributed by atoms with Gasteiger partial charge in [-0.25, -0.2) is 0 Å². The zero-order valence-corrected chi connectivity index (χ0v) is 13.8. The minimum Gasteiger partial charge on any atom is -0.378 e. The van der Waals surface area contributed by atoms with Crippen LogP contribution >= 0.6 is 0 Å². The summed E-state index contributed by atoms with van der Waals surface area (Å²) in [5.74, 6) is -0.404. The van der Waals surface area contributed by atoms with Gasteiger partial charge in [-0.15, -0.1) is 0 Å². The summed E-state index contributed by atoms with van der Waals surface area (Å²) in [7, 11) is 0. The third-order valence-electron chi connectivity index (χ3n) is 4.00. The van der Waals surface area contributed by atoms with Crippen molar-refractivity contribution >= 4 is 17.3 Å². The van der Waals surface area contributed by atoms with E-state index in [1.54, 1.807) is 12.1 Å². The highest BCUT2D eigenvalue weighted by atomic mass is 16.1. The van der Waals surface area contributed by atoms with E-state index in [-0.39, 0.29) is 11.1 Å². The van der Waals surface area contributed by atoms with Crippen LogP contribution in [0.25, 0.3) is 5.70 Å². The highest BCUT2D eigenvalue weighted by molar-refractivity contribution is 6.12. The van der Waals surface area contributed by atoms with Gasteiger partial charge >= 0.3 is 0 Å². The zero-order chi connectivity index (χ0) is 17.2. The van der Waals surface area contributed by atoms with E-state index in [2.05, 4.69) is 30.6 Å². The number of benzene rings is 2. The molecule has 0 aromatic heterocycles. The van der Waals surface area contributed by atoms with Gasteiger partial charge in [-0.05, 0) is 38.0 Å². The van der Waals surface area contributed by atoms with Gasteiger partial charge in [-0.3, -0.25) is 4.79 Å².